The Morgan fingerprint density at radius 1 is 1.10 bits per heavy atom. The summed E-state index contributed by atoms with van der Waals surface area (Å²) in [6.07, 6.45) is 0. The zero-order valence-corrected chi connectivity index (χ0v) is 16.1. The van der Waals surface area contributed by atoms with Crippen LogP contribution in [0.15, 0.2) is 47.0 Å². The second-order valence-corrected chi connectivity index (χ2v) is 7.13. The predicted molar refractivity (Wildman–Crippen MR) is 102 cm³/mol. The molecule has 1 fully saturated rings. The van der Waals surface area contributed by atoms with Crippen LogP contribution in [0.3, 0.4) is 0 Å². The number of hydrogen-bond acceptors (Lipinski definition) is 5. The molecule has 2 heterocycles. The van der Waals surface area contributed by atoms with Crippen molar-refractivity contribution in [2.75, 3.05) is 26.2 Å². The quantitative estimate of drug-likeness (QED) is 0.647. The lowest BCUT2D eigenvalue weighted by molar-refractivity contribution is 0.0619. The number of carbonyl (C=O) groups excluding carboxylic acids is 1. The normalized spacial score (nSPS) is 14.9. The van der Waals surface area contributed by atoms with Gasteiger partial charge in [-0.1, -0.05) is 28.9 Å². The fraction of sp³-hybridized carbons (Fsp3) is 0.250. The third-order valence-electron chi connectivity index (χ3n) is 4.75. The molecular formula is C20H17ClF2N4O2. The van der Waals surface area contributed by atoms with Crippen molar-refractivity contribution in [2.45, 2.75) is 6.54 Å². The Hall–Kier alpha value is -2.84. The molecule has 0 bridgehead atoms. The van der Waals surface area contributed by atoms with Crippen LogP contribution in [0, 0.1) is 11.6 Å². The number of aromatic nitrogens is 2. The van der Waals surface area contributed by atoms with E-state index in [0.29, 0.717) is 49.5 Å². The number of carbonyl (C=O) groups is 1. The number of rotatable bonds is 4. The lowest BCUT2D eigenvalue weighted by Crippen LogP contribution is -2.48. The zero-order chi connectivity index (χ0) is 20.4. The van der Waals surface area contributed by atoms with Crippen molar-refractivity contribution in [3.63, 3.8) is 0 Å². The Balaban J connectivity index is 1.36. The van der Waals surface area contributed by atoms with E-state index in [1.807, 2.05) is 6.07 Å². The number of halogens is 3. The SMILES string of the molecule is O=C(c1cccc(F)c1F)N1CCN(Cc2noc(-c3cccc(Cl)c3)n2)CC1. The first-order valence-corrected chi connectivity index (χ1v) is 9.43. The Kier molecular flexibility index (Phi) is 5.55. The summed E-state index contributed by atoms with van der Waals surface area (Å²) < 4.78 is 32.5. The summed E-state index contributed by atoms with van der Waals surface area (Å²) in [6, 6.07) is 10.8. The van der Waals surface area contributed by atoms with Crippen LogP contribution < -0.4 is 0 Å². The molecule has 1 aliphatic heterocycles. The van der Waals surface area contributed by atoms with Gasteiger partial charge in [-0.3, -0.25) is 9.69 Å². The van der Waals surface area contributed by atoms with E-state index < -0.39 is 17.5 Å². The fourth-order valence-electron chi connectivity index (χ4n) is 3.21. The van der Waals surface area contributed by atoms with E-state index in [-0.39, 0.29) is 5.56 Å². The van der Waals surface area contributed by atoms with Crippen molar-refractivity contribution in [2.24, 2.45) is 0 Å². The Labute approximate surface area is 170 Å². The summed E-state index contributed by atoms with van der Waals surface area (Å²) in [5.74, 6) is -1.74. The second-order valence-electron chi connectivity index (χ2n) is 6.70. The molecule has 0 saturated carbocycles. The maximum atomic E-state index is 13.9. The van der Waals surface area contributed by atoms with Crippen LogP contribution in [-0.2, 0) is 6.54 Å². The van der Waals surface area contributed by atoms with Crippen LogP contribution in [0.25, 0.3) is 11.5 Å². The molecule has 1 amide bonds. The molecular weight excluding hydrogens is 402 g/mol. The minimum Gasteiger partial charge on any atom is -0.336 e. The van der Waals surface area contributed by atoms with Gasteiger partial charge < -0.3 is 9.42 Å². The van der Waals surface area contributed by atoms with Gasteiger partial charge in [0.2, 0.25) is 0 Å². The molecule has 150 valence electrons. The Morgan fingerprint density at radius 2 is 1.86 bits per heavy atom. The smallest absolute Gasteiger partial charge is 0.258 e. The number of piperazine rings is 1. The summed E-state index contributed by atoms with van der Waals surface area (Å²) in [7, 11) is 0. The van der Waals surface area contributed by atoms with E-state index in [1.165, 1.54) is 17.0 Å². The van der Waals surface area contributed by atoms with Gasteiger partial charge in [0.1, 0.15) is 0 Å². The van der Waals surface area contributed by atoms with E-state index in [9.17, 15) is 13.6 Å². The van der Waals surface area contributed by atoms with Crippen molar-refractivity contribution in [1.29, 1.82) is 0 Å². The standard InChI is InChI=1S/C20H17ClF2N4O2/c21-14-4-1-3-13(11-14)19-24-17(25-29-19)12-26-7-9-27(10-8-26)20(28)15-5-2-6-16(22)18(15)23/h1-6,11H,7-10,12H2. The Bertz CT molecular complexity index is 1030. The van der Waals surface area contributed by atoms with Gasteiger partial charge in [0.25, 0.3) is 11.8 Å². The molecule has 0 radical (unpaired) electrons. The first-order valence-electron chi connectivity index (χ1n) is 9.05. The highest BCUT2D eigenvalue weighted by molar-refractivity contribution is 6.30. The van der Waals surface area contributed by atoms with E-state index in [1.54, 1.807) is 18.2 Å². The zero-order valence-electron chi connectivity index (χ0n) is 15.3. The third kappa shape index (κ3) is 4.28. The van der Waals surface area contributed by atoms with Crippen LogP contribution in [-0.4, -0.2) is 52.0 Å². The van der Waals surface area contributed by atoms with Crippen LogP contribution in [0.2, 0.25) is 5.02 Å². The van der Waals surface area contributed by atoms with Gasteiger partial charge in [-0.25, -0.2) is 8.78 Å². The van der Waals surface area contributed by atoms with Gasteiger partial charge in [0.05, 0.1) is 12.1 Å². The first kappa shape index (κ1) is 19.5. The minimum atomic E-state index is -1.11. The molecule has 6 nitrogen and oxygen atoms in total. The average Bonchev–Trinajstić information content (AvgIpc) is 3.19. The van der Waals surface area contributed by atoms with Gasteiger partial charge in [-0.2, -0.15) is 4.98 Å². The number of amides is 1. The van der Waals surface area contributed by atoms with Gasteiger partial charge in [0, 0.05) is 36.8 Å². The highest BCUT2D eigenvalue weighted by atomic mass is 35.5. The van der Waals surface area contributed by atoms with Crippen molar-refractivity contribution >= 4 is 17.5 Å². The van der Waals surface area contributed by atoms with Gasteiger partial charge in [-0.05, 0) is 30.3 Å². The van der Waals surface area contributed by atoms with Crippen molar-refractivity contribution in [1.82, 2.24) is 19.9 Å². The van der Waals surface area contributed by atoms with Crippen LogP contribution in [0.1, 0.15) is 16.2 Å². The van der Waals surface area contributed by atoms with Crippen molar-refractivity contribution < 1.29 is 18.1 Å². The molecule has 3 aromatic rings. The molecule has 1 saturated heterocycles. The Morgan fingerprint density at radius 3 is 2.62 bits per heavy atom. The molecule has 1 aromatic heterocycles. The maximum Gasteiger partial charge on any atom is 0.258 e. The molecule has 0 spiro atoms. The molecule has 0 N–H and O–H groups in total. The molecule has 0 aliphatic carbocycles. The third-order valence-corrected chi connectivity index (χ3v) is 4.98. The molecule has 1 aliphatic rings. The molecule has 29 heavy (non-hydrogen) atoms. The molecule has 4 rings (SSSR count). The minimum absolute atomic E-state index is 0.247. The average molecular weight is 419 g/mol. The first-order chi connectivity index (χ1) is 14.0. The number of nitrogens with zero attached hydrogens (tertiary/aromatic N) is 4. The second kappa shape index (κ2) is 8.26. The largest absolute Gasteiger partial charge is 0.336 e. The molecule has 0 atom stereocenters. The molecule has 9 heteroatoms. The van der Waals surface area contributed by atoms with Crippen LogP contribution in [0.4, 0.5) is 8.78 Å². The van der Waals surface area contributed by atoms with Crippen LogP contribution >= 0.6 is 11.6 Å². The van der Waals surface area contributed by atoms with Gasteiger partial charge in [0.15, 0.2) is 17.5 Å². The number of hydrogen-bond donors (Lipinski definition) is 0. The van der Waals surface area contributed by atoms with Crippen molar-refractivity contribution in [3.05, 3.63) is 70.5 Å². The summed E-state index contributed by atoms with van der Waals surface area (Å²) >= 11 is 5.98. The fourth-order valence-corrected chi connectivity index (χ4v) is 3.40. The van der Waals surface area contributed by atoms with E-state index in [2.05, 4.69) is 15.0 Å². The summed E-state index contributed by atoms with van der Waals surface area (Å²) in [5, 5.41) is 4.58. The lowest BCUT2D eigenvalue weighted by Gasteiger charge is -2.34. The maximum absolute atomic E-state index is 13.9. The van der Waals surface area contributed by atoms with Gasteiger partial charge >= 0.3 is 0 Å². The number of benzene rings is 2. The molecule has 2 aromatic carbocycles. The van der Waals surface area contributed by atoms with E-state index >= 15 is 0 Å². The van der Waals surface area contributed by atoms with Gasteiger partial charge in [-0.15, -0.1) is 0 Å². The van der Waals surface area contributed by atoms with Crippen molar-refractivity contribution in [3.8, 4) is 11.5 Å². The lowest BCUT2D eigenvalue weighted by atomic mass is 10.1. The summed E-state index contributed by atoms with van der Waals surface area (Å²) in [6.45, 7) is 2.37. The highest BCUT2D eigenvalue weighted by Gasteiger charge is 2.26. The highest BCUT2D eigenvalue weighted by Crippen LogP contribution is 2.21. The van der Waals surface area contributed by atoms with Crippen LogP contribution in [0.5, 0.6) is 0 Å². The van der Waals surface area contributed by atoms with E-state index in [4.69, 9.17) is 16.1 Å². The predicted octanol–water partition coefficient (Wildman–Crippen LogP) is 3.63. The molecule has 0 unspecified atom stereocenters. The summed E-state index contributed by atoms with van der Waals surface area (Å²) in [5.41, 5.74) is 0.492. The van der Waals surface area contributed by atoms with E-state index in [0.717, 1.165) is 11.6 Å². The summed E-state index contributed by atoms with van der Waals surface area (Å²) in [4.78, 5) is 20.4. The monoisotopic (exact) mass is 418 g/mol. The topological polar surface area (TPSA) is 62.5 Å².